The Bertz CT molecular complexity index is 1200. The molecule has 2 atom stereocenters. The van der Waals surface area contributed by atoms with Gasteiger partial charge >= 0.3 is 0 Å². The molecule has 3 aromatic rings. The number of hydrogen-bond donors (Lipinski definition) is 2. The molecular weight excluding hydrogens is 535 g/mol. The zero-order valence-corrected chi connectivity index (χ0v) is 22.3. The first kappa shape index (κ1) is 25.5. The topological polar surface area (TPSA) is 100 Å². The van der Waals surface area contributed by atoms with Gasteiger partial charge in [-0.25, -0.2) is 0 Å². The molecule has 8 nitrogen and oxygen atoms in total. The predicted molar refractivity (Wildman–Crippen MR) is 138 cm³/mol. The lowest BCUT2D eigenvalue weighted by Gasteiger charge is -2.15. The summed E-state index contributed by atoms with van der Waals surface area (Å²) in [5.74, 6) is 0.143. The van der Waals surface area contributed by atoms with Crippen LogP contribution in [0.2, 0.25) is 10.0 Å². The summed E-state index contributed by atoms with van der Waals surface area (Å²) < 4.78 is 13.2. The first-order valence-corrected chi connectivity index (χ1v) is 14.0. The van der Waals surface area contributed by atoms with E-state index < -0.39 is 16.7 Å². The van der Waals surface area contributed by atoms with E-state index in [1.54, 1.807) is 6.07 Å². The summed E-state index contributed by atoms with van der Waals surface area (Å²) in [7, 11) is 2.97. The van der Waals surface area contributed by atoms with E-state index in [2.05, 4.69) is 30.7 Å². The molecule has 0 radical (unpaired) electrons. The van der Waals surface area contributed by atoms with Gasteiger partial charge in [-0.15, -0.1) is 10.2 Å². The molecule has 2 aromatic heterocycles. The number of carbonyl (C=O) groups excluding carboxylic acids is 1. The zero-order valence-electron chi connectivity index (χ0n) is 18.4. The number of nitrogens with one attached hydrogen (secondary N) is 2. The average Bonchev–Trinajstić information content (AvgIpc) is 3.38. The number of amides is 1. The van der Waals surface area contributed by atoms with Crippen LogP contribution in [0.1, 0.15) is 27.8 Å². The van der Waals surface area contributed by atoms with Crippen LogP contribution in [0.4, 0.5) is 5.69 Å². The molecule has 0 bridgehead atoms. The minimum Gasteiger partial charge on any atom is -0.320 e. The smallest absolute Gasteiger partial charge is 0.286 e. The minimum atomic E-state index is -1.12. The fourth-order valence-corrected chi connectivity index (χ4v) is 7.17. The van der Waals surface area contributed by atoms with Crippen molar-refractivity contribution >= 4 is 68.7 Å². The van der Waals surface area contributed by atoms with Crippen molar-refractivity contribution in [2.24, 2.45) is 0 Å². The highest BCUT2D eigenvalue weighted by Crippen LogP contribution is 2.39. The number of pyridine rings is 1. The molecule has 1 aromatic carbocycles. The van der Waals surface area contributed by atoms with Gasteiger partial charge in [-0.3, -0.25) is 14.0 Å². The van der Waals surface area contributed by atoms with Crippen LogP contribution in [0, 0.1) is 0 Å². The van der Waals surface area contributed by atoms with E-state index in [-0.39, 0.29) is 11.0 Å². The molecule has 1 aliphatic rings. The highest BCUT2D eigenvalue weighted by molar-refractivity contribution is 8.01. The van der Waals surface area contributed by atoms with Crippen molar-refractivity contribution in [1.82, 2.24) is 25.4 Å². The maximum Gasteiger partial charge on any atom is 0.286 e. The minimum absolute atomic E-state index is 0.0531. The van der Waals surface area contributed by atoms with Gasteiger partial charge in [0.15, 0.2) is 4.34 Å². The SMILES string of the molecule is CN(C)CCCNC1CS(=O)c2cc(NC(=O)c3nnc(Sc4c(Cl)cncc4Cl)s3)ccc21. The van der Waals surface area contributed by atoms with Crippen LogP contribution in [-0.4, -0.2) is 63.1 Å². The molecule has 2 unspecified atom stereocenters. The van der Waals surface area contributed by atoms with Gasteiger partial charge < -0.3 is 15.5 Å². The van der Waals surface area contributed by atoms with E-state index >= 15 is 0 Å². The van der Waals surface area contributed by atoms with E-state index in [0.29, 0.717) is 30.7 Å². The predicted octanol–water partition coefficient (Wildman–Crippen LogP) is 4.35. The summed E-state index contributed by atoms with van der Waals surface area (Å²) in [6.07, 6.45) is 4.00. The Labute approximate surface area is 218 Å². The lowest BCUT2D eigenvalue weighted by atomic mass is 10.1. The second-order valence-electron chi connectivity index (χ2n) is 7.79. The molecule has 0 saturated heterocycles. The molecule has 0 saturated carbocycles. The van der Waals surface area contributed by atoms with Crippen molar-refractivity contribution in [3.63, 3.8) is 0 Å². The van der Waals surface area contributed by atoms with Gasteiger partial charge in [0.1, 0.15) is 0 Å². The molecule has 0 fully saturated rings. The largest absolute Gasteiger partial charge is 0.320 e. The summed E-state index contributed by atoms with van der Waals surface area (Å²) in [5.41, 5.74) is 1.58. The molecule has 34 heavy (non-hydrogen) atoms. The molecular formula is C21H22Cl2N6O2S3. The van der Waals surface area contributed by atoms with Gasteiger partial charge in [0.25, 0.3) is 5.91 Å². The van der Waals surface area contributed by atoms with Crippen molar-refractivity contribution in [2.45, 2.75) is 26.6 Å². The normalized spacial score (nSPS) is 17.2. The molecule has 4 rings (SSSR count). The van der Waals surface area contributed by atoms with E-state index in [9.17, 15) is 9.00 Å². The molecule has 0 aliphatic carbocycles. The zero-order chi connectivity index (χ0) is 24.2. The maximum absolute atomic E-state index is 12.7. The Balaban J connectivity index is 1.40. The first-order valence-electron chi connectivity index (χ1n) is 10.3. The van der Waals surface area contributed by atoms with Crippen molar-refractivity contribution in [2.75, 3.05) is 38.3 Å². The summed E-state index contributed by atoms with van der Waals surface area (Å²) in [6, 6.07) is 5.57. The van der Waals surface area contributed by atoms with Gasteiger partial charge in [-0.1, -0.05) is 52.4 Å². The van der Waals surface area contributed by atoms with Crippen LogP contribution in [0.25, 0.3) is 0 Å². The third-order valence-corrected chi connectivity index (χ3v) is 9.38. The fourth-order valence-electron chi connectivity index (χ4n) is 3.38. The molecule has 180 valence electrons. The number of halogens is 2. The Morgan fingerprint density at radius 2 is 2.03 bits per heavy atom. The quantitative estimate of drug-likeness (QED) is 0.375. The number of fused-ring (bicyclic) bond motifs is 1. The van der Waals surface area contributed by atoms with Crippen molar-refractivity contribution in [1.29, 1.82) is 0 Å². The Kier molecular flexibility index (Phi) is 8.57. The Morgan fingerprint density at radius 1 is 1.26 bits per heavy atom. The van der Waals surface area contributed by atoms with Gasteiger partial charge in [-0.2, -0.15) is 0 Å². The molecule has 0 spiro atoms. The van der Waals surface area contributed by atoms with E-state index in [1.165, 1.54) is 24.2 Å². The number of aromatic nitrogens is 3. The standard InChI is InChI=1S/C21H22Cl2N6O2S3/c1-29(2)7-3-6-25-16-11-34(31)17-8-12(4-5-13(16)17)26-19(30)20-27-28-21(33-20)32-18-14(22)9-24-10-15(18)23/h4-5,8-10,16,25H,3,6-7,11H2,1-2H3,(H,26,30). The van der Waals surface area contributed by atoms with E-state index in [4.69, 9.17) is 23.2 Å². The fraction of sp³-hybridized carbons (Fsp3) is 0.333. The van der Waals surface area contributed by atoms with Crippen LogP contribution in [0.5, 0.6) is 0 Å². The van der Waals surface area contributed by atoms with E-state index in [1.807, 2.05) is 26.2 Å². The van der Waals surface area contributed by atoms with Crippen LogP contribution < -0.4 is 10.6 Å². The summed E-state index contributed by atoms with van der Waals surface area (Å²) in [4.78, 5) is 20.1. The number of hydrogen-bond acceptors (Lipinski definition) is 9. The van der Waals surface area contributed by atoms with Crippen LogP contribution in [-0.2, 0) is 10.8 Å². The Hall–Kier alpha value is -1.60. The van der Waals surface area contributed by atoms with Gasteiger partial charge in [0, 0.05) is 34.8 Å². The number of rotatable bonds is 9. The Morgan fingerprint density at radius 3 is 2.76 bits per heavy atom. The molecule has 13 heteroatoms. The monoisotopic (exact) mass is 556 g/mol. The lowest BCUT2D eigenvalue weighted by molar-refractivity contribution is 0.102. The lowest BCUT2D eigenvalue weighted by Crippen LogP contribution is -2.26. The number of benzene rings is 1. The molecule has 2 N–H and O–H groups in total. The first-order chi connectivity index (χ1) is 16.3. The van der Waals surface area contributed by atoms with Gasteiger partial charge in [0.2, 0.25) is 5.01 Å². The second kappa shape index (κ2) is 11.4. The molecule has 3 heterocycles. The van der Waals surface area contributed by atoms with Crippen molar-refractivity contribution in [3.8, 4) is 0 Å². The highest BCUT2D eigenvalue weighted by Gasteiger charge is 2.28. The number of nitrogens with zero attached hydrogens (tertiary/aromatic N) is 4. The average molecular weight is 558 g/mol. The van der Waals surface area contributed by atoms with Crippen LogP contribution >= 0.6 is 46.3 Å². The van der Waals surface area contributed by atoms with Crippen molar-refractivity contribution < 1.29 is 9.00 Å². The third-order valence-electron chi connectivity index (χ3n) is 4.98. The van der Waals surface area contributed by atoms with E-state index in [0.717, 1.165) is 41.3 Å². The van der Waals surface area contributed by atoms with Crippen LogP contribution in [0.15, 0.2) is 44.7 Å². The summed E-state index contributed by atoms with van der Waals surface area (Å²) in [5, 5.41) is 15.4. The van der Waals surface area contributed by atoms with Crippen LogP contribution in [0.3, 0.4) is 0 Å². The number of carbonyl (C=O) groups is 1. The number of anilines is 1. The third kappa shape index (κ3) is 6.14. The van der Waals surface area contributed by atoms with Gasteiger partial charge in [0.05, 0.1) is 25.7 Å². The van der Waals surface area contributed by atoms with Gasteiger partial charge in [-0.05, 0) is 51.3 Å². The molecule has 1 amide bonds. The van der Waals surface area contributed by atoms with Crippen molar-refractivity contribution in [3.05, 3.63) is 51.2 Å². The maximum atomic E-state index is 12.7. The summed E-state index contributed by atoms with van der Waals surface area (Å²) in [6.45, 7) is 1.85. The highest BCUT2D eigenvalue weighted by atomic mass is 35.5. The molecule has 1 aliphatic heterocycles. The summed E-state index contributed by atoms with van der Waals surface area (Å²) >= 11 is 14.7. The second-order valence-corrected chi connectivity index (χ2v) is 12.3.